The van der Waals surface area contributed by atoms with E-state index in [0.717, 1.165) is 25.1 Å². The van der Waals surface area contributed by atoms with Crippen LogP contribution < -0.4 is 5.32 Å². The van der Waals surface area contributed by atoms with Crippen molar-refractivity contribution in [3.05, 3.63) is 48.2 Å². The summed E-state index contributed by atoms with van der Waals surface area (Å²) in [6, 6.07) is 5.67. The van der Waals surface area contributed by atoms with E-state index < -0.39 is 0 Å². The lowest BCUT2D eigenvalue weighted by molar-refractivity contribution is 0.00401. The first-order valence-corrected chi connectivity index (χ1v) is 8.60. The van der Waals surface area contributed by atoms with E-state index in [-0.39, 0.29) is 12.0 Å². The highest BCUT2D eigenvalue weighted by molar-refractivity contribution is 6.04. The number of hydrogen-bond acceptors (Lipinski definition) is 4. The van der Waals surface area contributed by atoms with Crippen LogP contribution in [0.4, 0.5) is 5.69 Å². The standard InChI is InChI=1S/C18H21N5O2/c1-13-17(23-8-4-2-7-16(23)20-13)18(24)21-14-10-19-22(11-14)12-15-6-3-5-9-25-15/h2,4,7-8,10-11,15H,3,5-6,9,12H2,1H3,(H,21,24)/t15-/m0/s1. The molecule has 0 aliphatic carbocycles. The van der Waals surface area contributed by atoms with E-state index in [0.29, 0.717) is 23.6 Å². The number of carbonyl (C=O) groups excluding carboxylic acids is 1. The highest BCUT2D eigenvalue weighted by Gasteiger charge is 2.18. The number of nitrogens with one attached hydrogen (secondary N) is 1. The fourth-order valence-corrected chi connectivity index (χ4v) is 3.27. The van der Waals surface area contributed by atoms with E-state index in [1.54, 1.807) is 10.6 Å². The molecule has 0 aromatic carbocycles. The van der Waals surface area contributed by atoms with E-state index >= 15 is 0 Å². The third-order valence-electron chi connectivity index (χ3n) is 4.48. The average Bonchev–Trinajstić information content (AvgIpc) is 3.18. The lowest BCUT2D eigenvalue weighted by atomic mass is 10.1. The Morgan fingerprint density at radius 3 is 3.16 bits per heavy atom. The molecule has 25 heavy (non-hydrogen) atoms. The van der Waals surface area contributed by atoms with Crippen molar-refractivity contribution < 1.29 is 9.53 Å². The molecule has 3 aromatic heterocycles. The molecule has 0 unspecified atom stereocenters. The largest absolute Gasteiger partial charge is 0.376 e. The number of aromatic nitrogens is 4. The molecule has 130 valence electrons. The van der Waals surface area contributed by atoms with E-state index in [4.69, 9.17) is 4.74 Å². The maximum absolute atomic E-state index is 12.7. The summed E-state index contributed by atoms with van der Waals surface area (Å²) in [5.41, 5.74) is 2.67. The van der Waals surface area contributed by atoms with Crippen molar-refractivity contribution in [3.63, 3.8) is 0 Å². The molecule has 4 heterocycles. The molecule has 1 aliphatic heterocycles. The number of carbonyl (C=O) groups is 1. The topological polar surface area (TPSA) is 73.5 Å². The summed E-state index contributed by atoms with van der Waals surface area (Å²) in [5, 5.41) is 7.24. The summed E-state index contributed by atoms with van der Waals surface area (Å²) < 4.78 is 9.36. The van der Waals surface area contributed by atoms with Gasteiger partial charge in [-0.2, -0.15) is 5.10 Å². The van der Waals surface area contributed by atoms with Crippen molar-refractivity contribution in [2.75, 3.05) is 11.9 Å². The van der Waals surface area contributed by atoms with Gasteiger partial charge in [-0.25, -0.2) is 4.98 Å². The third kappa shape index (κ3) is 3.28. The minimum Gasteiger partial charge on any atom is -0.376 e. The average molecular weight is 339 g/mol. The maximum atomic E-state index is 12.7. The van der Waals surface area contributed by atoms with Gasteiger partial charge in [-0.05, 0) is 38.3 Å². The van der Waals surface area contributed by atoms with Gasteiger partial charge in [-0.3, -0.25) is 13.9 Å². The summed E-state index contributed by atoms with van der Waals surface area (Å²) >= 11 is 0. The van der Waals surface area contributed by atoms with Crippen molar-refractivity contribution in [3.8, 4) is 0 Å². The fourth-order valence-electron chi connectivity index (χ4n) is 3.27. The monoisotopic (exact) mass is 339 g/mol. The zero-order chi connectivity index (χ0) is 17.2. The summed E-state index contributed by atoms with van der Waals surface area (Å²) in [4.78, 5) is 17.1. The number of nitrogens with zero attached hydrogens (tertiary/aromatic N) is 4. The fraction of sp³-hybridized carbons (Fsp3) is 0.389. The number of hydrogen-bond donors (Lipinski definition) is 1. The molecular formula is C18H21N5O2. The quantitative estimate of drug-likeness (QED) is 0.793. The Hall–Kier alpha value is -2.67. The lowest BCUT2D eigenvalue weighted by Gasteiger charge is -2.22. The molecule has 1 amide bonds. The number of aryl methyl sites for hydroxylation is 1. The van der Waals surface area contributed by atoms with Crippen LogP contribution in [0.5, 0.6) is 0 Å². The molecule has 1 saturated heterocycles. The number of anilines is 1. The first kappa shape index (κ1) is 15.8. The number of fused-ring (bicyclic) bond motifs is 1. The Kier molecular flexibility index (Phi) is 4.23. The highest BCUT2D eigenvalue weighted by atomic mass is 16.5. The van der Waals surface area contributed by atoms with Gasteiger partial charge in [0, 0.05) is 19.0 Å². The number of imidazole rings is 1. The number of pyridine rings is 1. The van der Waals surface area contributed by atoms with Crippen LogP contribution in [0.3, 0.4) is 0 Å². The molecule has 7 heteroatoms. The molecule has 4 rings (SSSR count). The van der Waals surface area contributed by atoms with E-state index in [1.807, 2.05) is 42.2 Å². The van der Waals surface area contributed by atoms with Crippen LogP contribution in [0.2, 0.25) is 0 Å². The summed E-state index contributed by atoms with van der Waals surface area (Å²) in [5.74, 6) is -0.190. The van der Waals surface area contributed by atoms with Gasteiger partial charge in [0.25, 0.3) is 5.91 Å². The molecule has 1 N–H and O–H groups in total. The van der Waals surface area contributed by atoms with Crippen molar-refractivity contribution in [2.45, 2.75) is 38.8 Å². The molecule has 0 saturated carbocycles. The van der Waals surface area contributed by atoms with Gasteiger partial charge in [-0.15, -0.1) is 0 Å². The lowest BCUT2D eigenvalue weighted by Crippen LogP contribution is -2.24. The predicted octanol–water partition coefficient (Wildman–Crippen LogP) is 2.66. The van der Waals surface area contributed by atoms with Gasteiger partial charge in [-0.1, -0.05) is 6.07 Å². The third-order valence-corrected chi connectivity index (χ3v) is 4.48. The van der Waals surface area contributed by atoms with Gasteiger partial charge in [0.1, 0.15) is 11.3 Å². The van der Waals surface area contributed by atoms with Crippen LogP contribution in [0, 0.1) is 6.92 Å². The van der Waals surface area contributed by atoms with Gasteiger partial charge < -0.3 is 10.1 Å². The molecule has 0 radical (unpaired) electrons. The minimum atomic E-state index is -0.190. The van der Waals surface area contributed by atoms with Crippen LogP contribution in [0.25, 0.3) is 5.65 Å². The molecule has 0 bridgehead atoms. The van der Waals surface area contributed by atoms with Crippen molar-refractivity contribution in [2.24, 2.45) is 0 Å². The molecule has 1 atom stereocenters. The van der Waals surface area contributed by atoms with Crippen LogP contribution in [0.15, 0.2) is 36.8 Å². The highest BCUT2D eigenvalue weighted by Crippen LogP contribution is 2.17. The Labute approximate surface area is 145 Å². The SMILES string of the molecule is Cc1nc2ccccn2c1C(=O)Nc1cnn(C[C@@H]2CCCCO2)c1. The van der Waals surface area contributed by atoms with Gasteiger partial charge in [0.2, 0.25) is 0 Å². The molecule has 3 aromatic rings. The Balaban J connectivity index is 1.48. The second kappa shape index (κ2) is 6.68. The van der Waals surface area contributed by atoms with Crippen molar-refractivity contribution in [1.29, 1.82) is 0 Å². The molecule has 0 spiro atoms. The number of amides is 1. The van der Waals surface area contributed by atoms with E-state index in [2.05, 4.69) is 15.4 Å². The van der Waals surface area contributed by atoms with Crippen molar-refractivity contribution >= 4 is 17.2 Å². The summed E-state index contributed by atoms with van der Waals surface area (Å²) in [6.07, 6.45) is 8.95. The van der Waals surface area contributed by atoms with Gasteiger partial charge in [0.05, 0.1) is 30.2 Å². The zero-order valence-electron chi connectivity index (χ0n) is 14.2. The normalized spacial score (nSPS) is 17.7. The second-order valence-electron chi connectivity index (χ2n) is 6.37. The first-order chi connectivity index (χ1) is 12.2. The van der Waals surface area contributed by atoms with Crippen molar-refractivity contribution in [1.82, 2.24) is 19.2 Å². The van der Waals surface area contributed by atoms with Crippen LogP contribution >= 0.6 is 0 Å². The minimum absolute atomic E-state index is 0.190. The van der Waals surface area contributed by atoms with Gasteiger partial charge in [0.15, 0.2) is 0 Å². The Bertz CT molecular complexity index is 892. The zero-order valence-corrected chi connectivity index (χ0v) is 14.2. The second-order valence-corrected chi connectivity index (χ2v) is 6.37. The summed E-state index contributed by atoms with van der Waals surface area (Å²) in [7, 11) is 0. The molecule has 1 aliphatic rings. The molecular weight excluding hydrogens is 318 g/mol. The number of ether oxygens (including phenoxy) is 1. The Morgan fingerprint density at radius 1 is 1.40 bits per heavy atom. The first-order valence-electron chi connectivity index (χ1n) is 8.60. The molecule has 1 fully saturated rings. The van der Waals surface area contributed by atoms with Crippen LogP contribution in [-0.4, -0.2) is 37.8 Å². The van der Waals surface area contributed by atoms with E-state index in [9.17, 15) is 4.79 Å². The molecule has 7 nitrogen and oxygen atoms in total. The van der Waals surface area contributed by atoms with Crippen LogP contribution in [0.1, 0.15) is 35.4 Å². The van der Waals surface area contributed by atoms with Crippen LogP contribution in [-0.2, 0) is 11.3 Å². The smallest absolute Gasteiger partial charge is 0.274 e. The predicted molar refractivity (Wildman–Crippen MR) is 93.7 cm³/mol. The van der Waals surface area contributed by atoms with E-state index in [1.165, 1.54) is 6.42 Å². The summed E-state index contributed by atoms with van der Waals surface area (Å²) in [6.45, 7) is 3.37. The maximum Gasteiger partial charge on any atom is 0.274 e. The van der Waals surface area contributed by atoms with Gasteiger partial charge >= 0.3 is 0 Å². The Morgan fingerprint density at radius 2 is 2.32 bits per heavy atom. The number of rotatable bonds is 4.